The minimum Gasteiger partial charge on any atom is -0.494 e. The molecule has 1 aliphatic carbocycles. The summed E-state index contributed by atoms with van der Waals surface area (Å²) in [6.07, 6.45) is 1.25. The van der Waals surface area contributed by atoms with Crippen molar-refractivity contribution >= 4 is 5.97 Å². The number of benzene rings is 1. The standard InChI is InChI=1S/C14H18FNO3/c1-16(2)12(14(6-7-14)13(17)18)9-4-5-11(19-3)10(15)8-9/h4-5,8,12H,6-7H2,1-3H3,(H,17,18). The molecule has 1 atom stereocenters. The lowest BCUT2D eigenvalue weighted by atomic mass is 9.89. The SMILES string of the molecule is COc1ccc(C(N(C)C)C2(C(=O)O)CC2)cc1F. The van der Waals surface area contributed by atoms with E-state index in [0.29, 0.717) is 18.4 Å². The Bertz CT molecular complexity index is 497. The van der Waals surface area contributed by atoms with Crippen LogP contribution in [0.5, 0.6) is 5.75 Å². The number of rotatable bonds is 5. The number of carbonyl (C=O) groups is 1. The number of nitrogens with zero attached hydrogens (tertiary/aromatic N) is 1. The van der Waals surface area contributed by atoms with Crippen LogP contribution in [0.25, 0.3) is 0 Å². The minimum absolute atomic E-state index is 0.168. The van der Waals surface area contributed by atoms with E-state index in [2.05, 4.69) is 0 Å². The van der Waals surface area contributed by atoms with Gasteiger partial charge in [0.2, 0.25) is 0 Å². The molecular weight excluding hydrogens is 249 g/mol. The Labute approximate surface area is 111 Å². The second-order valence-corrected chi connectivity index (χ2v) is 5.22. The molecule has 1 aromatic carbocycles. The van der Waals surface area contributed by atoms with Crippen LogP contribution in [0.1, 0.15) is 24.4 Å². The van der Waals surface area contributed by atoms with Gasteiger partial charge in [-0.25, -0.2) is 4.39 Å². The smallest absolute Gasteiger partial charge is 0.311 e. The zero-order valence-electron chi connectivity index (χ0n) is 11.3. The van der Waals surface area contributed by atoms with Crippen molar-refractivity contribution in [3.8, 4) is 5.75 Å². The van der Waals surface area contributed by atoms with E-state index in [1.54, 1.807) is 12.1 Å². The maximum absolute atomic E-state index is 13.8. The van der Waals surface area contributed by atoms with Gasteiger partial charge in [-0.05, 0) is 44.6 Å². The van der Waals surface area contributed by atoms with E-state index < -0.39 is 17.2 Å². The molecule has 1 unspecified atom stereocenters. The van der Waals surface area contributed by atoms with Crippen LogP contribution in [0.15, 0.2) is 18.2 Å². The van der Waals surface area contributed by atoms with E-state index in [1.807, 2.05) is 19.0 Å². The number of halogens is 1. The Morgan fingerprint density at radius 3 is 2.47 bits per heavy atom. The molecule has 1 aromatic rings. The summed E-state index contributed by atoms with van der Waals surface area (Å²) in [5.41, 5.74) is -0.118. The number of carboxylic acid groups (broad SMARTS) is 1. The van der Waals surface area contributed by atoms with E-state index in [0.717, 1.165) is 0 Å². The Morgan fingerprint density at radius 1 is 1.47 bits per heavy atom. The van der Waals surface area contributed by atoms with E-state index >= 15 is 0 Å². The Balaban J connectivity index is 2.41. The van der Waals surface area contributed by atoms with Gasteiger partial charge in [-0.15, -0.1) is 0 Å². The van der Waals surface area contributed by atoms with Gasteiger partial charge in [-0.2, -0.15) is 0 Å². The molecule has 1 aliphatic rings. The lowest BCUT2D eigenvalue weighted by molar-refractivity contribution is -0.146. The molecule has 0 aromatic heterocycles. The third-order valence-electron chi connectivity index (χ3n) is 3.75. The van der Waals surface area contributed by atoms with Gasteiger partial charge in [0.05, 0.1) is 18.6 Å². The summed E-state index contributed by atoms with van der Waals surface area (Å²) >= 11 is 0. The third kappa shape index (κ3) is 2.30. The zero-order chi connectivity index (χ0) is 14.2. The number of hydrogen-bond acceptors (Lipinski definition) is 3. The van der Waals surface area contributed by atoms with Crippen LogP contribution in [0.4, 0.5) is 4.39 Å². The molecular formula is C14H18FNO3. The largest absolute Gasteiger partial charge is 0.494 e. The Kier molecular flexibility index (Phi) is 3.49. The fourth-order valence-electron chi connectivity index (χ4n) is 2.70. The molecule has 0 saturated heterocycles. The first-order valence-corrected chi connectivity index (χ1v) is 6.15. The summed E-state index contributed by atoms with van der Waals surface area (Å²) in [5, 5.41) is 9.41. The lowest BCUT2D eigenvalue weighted by Crippen LogP contribution is -2.34. The van der Waals surface area contributed by atoms with Crippen LogP contribution in [0.2, 0.25) is 0 Å². The molecule has 0 radical (unpaired) electrons. The fourth-order valence-corrected chi connectivity index (χ4v) is 2.70. The number of aliphatic carboxylic acids is 1. The second kappa shape index (κ2) is 4.81. The first kappa shape index (κ1) is 13.8. The summed E-state index contributed by atoms with van der Waals surface area (Å²) in [6, 6.07) is 4.31. The van der Waals surface area contributed by atoms with E-state index in [-0.39, 0.29) is 11.8 Å². The molecule has 1 saturated carbocycles. The van der Waals surface area contributed by atoms with Crippen molar-refractivity contribution in [3.63, 3.8) is 0 Å². The highest BCUT2D eigenvalue weighted by Crippen LogP contribution is 2.57. The Hall–Kier alpha value is -1.62. The summed E-state index contributed by atoms with van der Waals surface area (Å²) in [5.74, 6) is -1.11. The highest BCUT2D eigenvalue weighted by molar-refractivity contribution is 5.79. The van der Waals surface area contributed by atoms with E-state index in [9.17, 15) is 14.3 Å². The quantitative estimate of drug-likeness (QED) is 0.889. The van der Waals surface area contributed by atoms with Gasteiger partial charge in [0.1, 0.15) is 0 Å². The topological polar surface area (TPSA) is 49.8 Å². The lowest BCUT2D eigenvalue weighted by Gasteiger charge is -2.30. The molecule has 0 aliphatic heterocycles. The molecule has 1 N–H and O–H groups in total. The molecule has 2 rings (SSSR count). The number of carboxylic acids is 1. The number of ether oxygens (including phenoxy) is 1. The van der Waals surface area contributed by atoms with E-state index in [1.165, 1.54) is 13.2 Å². The molecule has 0 heterocycles. The summed E-state index contributed by atoms with van der Waals surface area (Å²) < 4.78 is 18.7. The molecule has 19 heavy (non-hydrogen) atoms. The van der Waals surface area contributed by atoms with Gasteiger partial charge in [0, 0.05) is 0 Å². The summed E-state index contributed by atoms with van der Waals surface area (Å²) in [4.78, 5) is 13.3. The normalized spacial score (nSPS) is 18.2. The van der Waals surface area contributed by atoms with Crippen molar-refractivity contribution in [2.75, 3.05) is 21.2 Å². The zero-order valence-corrected chi connectivity index (χ0v) is 11.3. The highest BCUT2D eigenvalue weighted by atomic mass is 19.1. The molecule has 0 amide bonds. The van der Waals surface area contributed by atoms with Crippen LogP contribution < -0.4 is 4.74 Å². The number of hydrogen-bond donors (Lipinski definition) is 1. The summed E-state index contributed by atoms with van der Waals surface area (Å²) in [7, 11) is 5.03. The van der Waals surface area contributed by atoms with E-state index in [4.69, 9.17) is 4.74 Å². The maximum Gasteiger partial charge on any atom is 0.311 e. The van der Waals surface area contributed by atoms with Crippen LogP contribution in [0, 0.1) is 11.2 Å². The van der Waals surface area contributed by atoms with Crippen LogP contribution in [0.3, 0.4) is 0 Å². The highest BCUT2D eigenvalue weighted by Gasteiger charge is 2.57. The fraction of sp³-hybridized carbons (Fsp3) is 0.500. The van der Waals surface area contributed by atoms with Gasteiger partial charge in [-0.1, -0.05) is 6.07 Å². The average molecular weight is 267 g/mol. The number of methoxy groups -OCH3 is 1. The molecule has 5 heteroatoms. The van der Waals surface area contributed by atoms with Gasteiger partial charge in [-0.3, -0.25) is 4.79 Å². The molecule has 0 spiro atoms. The molecule has 0 bridgehead atoms. The molecule has 1 fully saturated rings. The van der Waals surface area contributed by atoms with Crippen LogP contribution >= 0.6 is 0 Å². The molecule has 104 valence electrons. The van der Waals surface area contributed by atoms with Gasteiger partial charge >= 0.3 is 5.97 Å². The van der Waals surface area contributed by atoms with Crippen molar-refractivity contribution in [2.24, 2.45) is 5.41 Å². The van der Waals surface area contributed by atoms with Crippen molar-refractivity contribution in [2.45, 2.75) is 18.9 Å². The Morgan fingerprint density at radius 2 is 2.11 bits per heavy atom. The van der Waals surface area contributed by atoms with Crippen LogP contribution in [-0.2, 0) is 4.79 Å². The maximum atomic E-state index is 13.8. The monoisotopic (exact) mass is 267 g/mol. The third-order valence-corrected chi connectivity index (χ3v) is 3.75. The van der Waals surface area contributed by atoms with Gasteiger partial charge in [0.15, 0.2) is 11.6 Å². The molecule has 4 nitrogen and oxygen atoms in total. The van der Waals surface area contributed by atoms with Gasteiger partial charge < -0.3 is 14.7 Å². The predicted octanol–water partition coefficient (Wildman–Crippen LogP) is 2.30. The predicted molar refractivity (Wildman–Crippen MR) is 68.7 cm³/mol. The first-order valence-electron chi connectivity index (χ1n) is 6.15. The average Bonchev–Trinajstić information content (AvgIpc) is 3.10. The van der Waals surface area contributed by atoms with Crippen molar-refractivity contribution < 1.29 is 19.0 Å². The van der Waals surface area contributed by atoms with Crippen molar-refractivity contribution in [3.05, 3.63) is 29.6 Å². The van der Waals surface area contributed by atoms with Crippen molar-refractivity contribution in [1.82, 2.24) is 4.90 Å². The minimum atomic E-state index is -0.817. The van der Waals surface area contributed by atoms with Gasteiger partial charge in [0.25, 0.3) is 0 Å². The summed E-state index contributed by atoms with van der Waals surface area (Å²) in [6.45, 7) is 0. The first-order chi connectivity index (χ1) is 8.92. The van der Waals surface area contributed by atoms with Crippen LogP contribution in [-0.4, -0.2) is 37.2 Å². The second-order valence-electron chi connectivity index (χ2n) is 5.22. The van der Waals surface area contributed by atoms with Crippen molar-refractivity contribution in [1.29, 1.82) is 0 Å².